The highest BCUT2D eigenvalue weighted by atomic mass is 35.5. The molecule has 9 heteroatoms. The Kier molecular flexibility index (Phi) is 6.03. The topological polar surface area (TPSA) is 101 Å². The van der Waals surface area contributed by atoms with E-state index in [0.717, 1.165) is 16.5 Å². The molecule has 0 saturated heterocycles. The number of aryl methyl sites for hydroxylation is 1. The van der Waals surface area contributed by atoms with Crippen LogP contribution in [0.5, 0.6) is 0 Å². The Morgan fingerprint density at radius 2 is 1.93 bits per heavy atom. The highest BCUT2D eigenvalue weighted by molar-refractivity contribution is 7.89. The van der Waals surface area contributed by atoms with Crippen LogP contribution in [-0.4, -0.2) is 32.1 Å². The van der Waals surface area contributed by atoms with Gasteiger partial charge in [-0.3, -0.25) is 4.79 Å². The second kappa shape index (κ2) is 8.47. The molecule has 0 radical (unpaired) electrons. The minimum Gasteiger partial charge on any atom is -0.272 e. The number of carbonyl (C=O) groups excluding carboxylic acids is 1. The molecule has 2 N–H and O–H groups in total. The second-order valence-corrected chi connectivity index (χ2v) is 8.12. The summed E-state index contributed by atoms with van der Waals surface area (Å²) in [6.45, 7) is 1.52. The van der Waals surface area contributed by atoms with Crippen molar-refractivity contribution in [2.45, 2.75) is 11.8 Å². The van der Waals surface area contributed by atoms with Crippen molar-refractivity contribution in [3.05, 3.63) is 70.9 Å². The fourth-order valence-electron chi connectivity index (χ4n) is 2.42. The first-order chi connectivity index (χ1) is 13.3. The first kappa shape index (κ1) is 19.9. The third kappa shape index (κ3) is 4.92. The molecule has 0 atom stereocenters. The van der Waals surface area contributed by atoms with Crippen molar-refractivity contribution < 1.29 is 13.2 Å². The lowest BCUT2D eigenvalue weighted by molar-refractivity contribution is -0.119. The van der Waals surface area contributed by atoms with Gasteiger partial charge in [0.05, 0.1) is 23.2 Å². The van der Waals surface area contributed by atoms with Gasteiger partial charge in [0.1, 0.15) is 5.15 Å². The van der Waals surface area contributed by atoms with Crippen molar-refractivity contribution in [3.8, 4) is 0 Å². The third-order valence-corrected chi connectivity index (χ3v) is 5.54. The fraction of sp³-hybridized carbons (Fsp3) is 0.105. The number of hydrogen-bond acceptors (Lipinski definition) is 5. The molecule has 3 aromatic rings. The summed E-state index contributed by atoms with van der Waals surface area (Å²) < 4.78 is 26.4. The van der Waals surface area contributed by atoms with Crippen LogP contribution in [0.1, 0.15) is 11.1 Å². The first-order valence-electron chi connectivity index (χ1n) is 8.29. The number of nitrogens with one attached hydrogen (secondary N) is 2. The van der Waals surface area contributed by atoms with Crippen molar-refractivity contribution in [1.82, 2.24) is 15.1 Å². The van der Waals surface area contributed by atoms with Crippen LogP contribution < -0.4 is 10.1 Å². The van der Waals surface area contributed by atoms with Gasteiger partial charge in [-0.15, -0.1) is 0 Å². The molecule has 0 aliphatic carbocycles. The zero-order valence-electron chi connectivity index (χ0n) is 14.9. The van der Waals surface area contributed by atoms with Crippen LogP contribution in [-0.2, 0) is 14.8 Å². The number of carbonyl (C=O) groups is 1. The highest BCUT2D eigenvalue weighted by Gasteiger charge is 2.14. The van der Waals surface area contributed by atoms with E-state index in [1.165, 1.54) is 18.3 Å². The Bertz CT molecular complexity index is 1150. The largest absolute Gasteiger partial charge is 0.272 e. The summed E-state index contributed by atoms with van der Waals surface area (Å²) in [5.41, 5.74) is 4.62. The number of amides is 1. The second-order valence-electron chi connectivity index (χ2n) is 6.00. The predicted octanol–water partition coefficient (Wildman–Crippen LogP) is 2.63. The van der Waals surface area contributed by atoms with Crippen LogP contribution in [0.4, 0.5) is 0 Å². The maximum atomic E-state index is 12.1. The summed E-state index contributed by atoms with van der Waals surface area (Å²) in [6.07, 6.45) is 1.36. The Balaban J connectivity index is 1.61. The van der Waals surface area contributed by atoms with E-state index in [4.69, 9.17) is 11.6 Å². The first-order valence-corrected chi connectivity index (χ1v) is 10.1. The van der Waals surface area contributed by atoms with Crippen molar-refractivity contribution in [3.63, 3.8) is 0 Å². The zero-order chi connectivity index (χ0) is 20.1. The molecule has 7 nitrogen and oxygen atoms in total. The summed E-state index contributed by atoms with van der Waals surface area (Å²) in [5.74, 6) is -0.615. The van der Waals surface area contributed by atoms with E-state index in [2.05, 4.69) is 20.2 Å². The SMILES string of the molecule is Cc1ccc2cc(/C=N/NC(=O)CNS(=O)(=O)c3ccccc3)c(Cl)nc2c1. The molecule has 2 aromatic carbocycles. The highest BCUT2D eigenvalue weighted by Crippen LogP contribution is 2.20. The van der Waals surface area contributed by atoms with Crippen LogP contribution in [0.2, 0.25) is 5.15 Å². The zero-order valence-corrected chi connectivity index (χ0v) is 16.5. The number of hydrogen-bond donors (Lipinski definition) is 2. The van der Waals surface area contributed by atoms with Gasteiger partial charge in [0, 0.05) is 10.9 Å². The van der Waals surface area contributed by atoms with Crippen LogP contribution in [0, 0.1) is 6.92 Å². The van der Waals surface area contributed by atoms with E-state index in [1.54, 1.807) is 24.3 Å². The van der Waals surface area contributed by atoms with Gasteiger partial charge >= 0.3 is 0 Å². The molecule has 0 bridgehead atoms. The summed E-state index contributed by atoms with van der Waals surface area (Å²) in [7, 11) is -3.76. The smallest absolute Gasteiger partial charge is 0.255 e. The number of sulfonamides is 1. The summed E-state index contributed by atoms with van der Waals surface area (Å²) >= 11 is 6.15. The van der Waals surface area contributed by atoms with Crippen molar-refractivity contribution >= 4 is 44.6 Å². The average Bonchev–Trinajstić information content (AvgIpc) is 2.67. The van der Waals surface area contributed by atoms with E-state index in [0.29, 0.717) is 5.56 Å². The van der Waals surface area contributed by atoms with E-state index in [-0.39, 0.29) is 10.0 Å². The third-order valence-electron chi connectivity index (χ3n) is 3.82. The van der Waals surface area contributed by atoms with Gasteiger partial charge in [-0.1, -0.05) is 41.9 Å². The number of benzene rings is 2. The average molecular weight is 417 g/mol. The monoisotopic (exact) mass is 416 g/mol. The minimum atomic E-state index is -3.76. The molecule has 0 saturated carbocycles. The van der Waals surface area contributed by atoms with Gasteiger partial charge in [0.25, 0.3) is 5.91 Å². The molecule has 144 valence electrons. The lowest BCUT2D eigenvalue weighted by atomic mass is 10.1. The Hall–Kier alpha value is -2.81. The Labute approximate surface area is 167 Å². The molecule has 0 spiro atoms. The van der Waals surface area contributed by atoms with Gasteiger partial charge in [-0.05, 0) is 36.8 Å². The summed E-state index contributed by atoms with van der Waals surface area (Å²) in [6, 6.07) is 15.4. The number of halogens is 1. The summed E-state index contributed by atoms with van der Waals surface area (Å²) in [4.78, 5) is 16.2. The normalized spacial score (nSPS) is 11.8. The van der Waals surface area contributed by atoms with E-state index in [9.17, 15) is 13.2 Å². The number of aromatic nitrogens is 1. The van der Waals surface area contributed by atoms with Crippen LogP contribution in [0.25, 0.3) is 10.9 Å². The lowest BCUT2D eigenvalue weighted by Crippen LogP contribution is -2.34. The number of pyridine rings is 1. The molecular weight excluding hydrogens is 400 g/mol. The maximum Gasteiger partial charge on any atom is 0.255 e. The van der Waals surface area contributed by atoms with Crippen LogP contribution in [0.15, 0.2) is 64.6 Å². The molecule has 1 amide bonds. The van der Waals surface area contributed by atoms with E-state index >= 15 is 0 Å². The molecule has 1 aromatic heterocycles. The fourth-order valence-corrected chi connectivity index (χ4v) is 3.62. The Morgan fingerprint density at radius 1 is 1.18 bits per heavy atom. The molecule has 3 rings (SSSR count). The number of rotatable bonds is 6. The standard InChI is InChI=1S/C19H17ClN4O3S/c1-13-7-8-14-10-15(19(20)23-17(14)9-13)11-21-24-18(25)12-22-28(26,27)16-5-3-2-4-6-16/h2-11,22H,12H2,1H3,(H,24,25)/b21-11+. The molecule has 1 heterocycles. The number of fused-ring (bicyclic) bond motifs is 1. The van der Waals surface area contributed by atoms with Gasteiger partial charge in [-0.2, -0.15) is 5.10 Å². The molecule has 0 unspecified atom stereocenters. The Morgan fingerprint density at radius 3 is 2.68 bits per heavy atom. The minimum absolute atomic E-state index is 0.0792. The summed E-state index contributed by atoms with van der Waals surface area (Å²) in [5, 5.41) is 4.95. The van der Waals surface area contributed by atoms with Crippen LogP contribution in [0.3, 0.4) is 0 Å². The predicted molar refractivity (Wildman–Crippen MR) is 109 cm³/mol. The van der Waals surface area contributed by atoms with Crippen molar-refractivity contribution in [2.24, 2.45) is 5.10 Å². The molecular formula is C19H17ClN4O3S. The number of nitrogens with zero attached hydrogens (tertiary/aromatic N) is 2. The number of hydrazone groups is 1. The quantitative estimate of drug-likeness (QED) is 0.366. The van der Waals surface area contributed by atoms with Crippen molar-refractivity contribution in [1.29, 1.82) is 0 Å². The maximum absolute atomic E-state index is 12.1. The van der Waals surface area contributed by atoms with Gasteiger partial charge < -0.3 is 0 Å². The van der Waals surface area contributed by atoms with E-state index in [1.807, 2.05) is 25.1 Å². The van der Waals surface area contributed by atoms with E-state index < -0.39 is 22.5 Å². The van der Waals surface area contributed by atoms with Gasteiger partial charge in [0.15, 0.2) is 0 Å². The van der Waals surface area contributed by atoms with Crippen molar-refractivity contribution in [2.75, 3.05) is 6.54 Å². The molecule has 28 heavy (non-hydrogen) atoms. The molecule has 0 aliphatic rings. The molecule has 0 aliphatic heterocycles. The lowest BCUT2D eigenvalue weighted by Gasteiger charge is -2.06. The van der Waals surface area contributed by atoms with Crippen LogP contribution >= 0.6 is 11.6 Å². The molecule has 0 fully saturated rings. The van der Waals surface area contributed by atoms with Gasteiger partial charge in [-0.25, -0.2) is 23.5 Å². The van der Waals surface area contributed by atoms with Gasteiger partial charge in [0.2, 0.25) is 10.0 Å².